The second-order valence-electron chi connectivity index (χ2n) is 3.74. The molecule has 1 aromatic rings. The molecule has 5 heteroatoms. The van der Waals surface area contributed by atoms with Crippen molar-refractivity contribution in [1.82, 2.24) is 9.78 Å². The van der Waals surface area contributed by atoms with Crippen LogP contribution in [0, 0.1) is 5.92 Å². The number of Topliss-reactive ketones (excluding diaryl/α,β-unsaturated/α-hetero) is 1. The van der Waals surface area contributed by atoms with Gasteiger partial charge < -0.3 is 9.84 Å². The molecule has 0 fully saturated rings. The van der Waals surface area contributed by atoms with Crippen molar-refractivity contribution in [2.24, 2.45) is 13.0 Å². The van der Waals surface area contributed by atoms with E-state index < -0.39 is 6.10 Å². The Morgan fingerprint density at radius 1 is 1.60 bits per heavy atom. The standard InChI is InChI=1S/C10H16N2O3/c1-6(2)9(13)10(14)8-7(15-4)5-11-12(8)3/h5-6,9,13H,1-4H3. The van der Waals surface area contributed by atoms with E-state index in [9.17, 15) is 9.90 Å². The molecule has 5 nitrogen and oxygen atoms in total. The largest absolute Gasteiger partial charge is 0.493 e. The number of aryl methyl sites for hydroxylation is 1. The number of ether oxygens (including phenoxy) is 1. The van der Waals surface area contributed by atoms with Gasteiger partial charge in [-0.25, -0.2) is 0 Å². The molecule has 84 valence electrons. The SMILES string of the molecule is COc1cnn(C)c1C(=O)C(O)C(C)C. The maximum Gasteiger partial charge on any atom is 0.213 e. The number of hydrogen-bond acceptors (Lipinski definition) is 4. The van der Waals surface area contributed by atoms with Crippen LogP contribution in [0.3, 0.4) is 0 Å². The van der Waals surface area contributed by atoms with Gasteiger partial charge in [-0.2, -0.15) is 5.10 Å². The summed E-state index contributed by atoms with van der Waals surface area (Å²) in [6.45, 7) is 3.57. The first-order valence-electron chi connectivity index (χ1n) is 4.77. The number of ketones is 1. The van der Waals surface area contributed by atoms with Crippen molar-refractivity contribution in [2.75, 3.05) is 7.11 Å². The molecular weight excluding hydrogens is 196 g/mol. The summed E-state index contributed by atoms with van der Waals surface area (Å²) in [7, 11) is 3.11. The van der Waals surface area contributed by atoms with E-state index in [1.54, 1.807) is 20.9 Å². The Balaban J connectivity index is 3.04. The van der Waals surface area contributed by atoms with Crippen molar-refractivity contribution in [1.29, 1.82) is 0 Å². The zero-order valence-corrected chi connectivity index (χ0v) is 9.39. The van der Waals surface area contributed by atoms with Gasteiger partial charge in [-0.1, -0.05) is 13.8 Å². The molecule has 0 bridgehead atoms. The van der Waals surface area contributed by atoms with Crippen LogP contribution in [-0.2, 0) is 7.05 Å². The summed E-state index contributed by atoms with van der Waals surface area (Å²) in [5.41, 5.74) is 0.304. The van der Waals surface area contributed by atoms with Gasteiger partial charge in [0.1, 0.15) is 11.8 Å². The molecule has 0 aliphatic heterocycles. The minimum absolute atomic E-state index is 0.128. The van der Waals surface area contributed by atoms with Gasteiger partial charge in [0.05, 0.1) is 13.3 Å². The van der Waals surface area contributed by atoms with E-state index >= 15 is 0 Å². The van der Waals surface area contributed by atoms with Crippen molar-refractivity contribution in [3.05, 3.63) is 11.9 Å². The van der Waals surface area contributed by atoms with Crippen LogP contribution in [0.25, 0.3) is 0 Å². The third-order valence-corrected chi connectivity index (χ3v) is 2.26. The Morgan fingerprint density at radius 2 is 2.20 bits per heavy atom. The fourth-order valence-corrected chi connectivity index (χ4v) is 1.29. The summed E-state index contributed by atoms with van der Waals surface area (Å²) in [6, 6.07) is 0. The highest BCUT2D eigenvalue weighted by Gasteiger charge is 2.26. The highest BCUT2D eigenvalue weighted by atomic mass is 16.5. The monoisotopic (exact) mass is 212 g/mol. The van der Waals surface area contributed by atoms with Crippen LogP contribution in [0.5, 0.6) is 5.75 Å². The predicted octanol–water partition coefficient (Wildman–Crippen LogP) is 0.628. The van der Waals surface area contributed by atoms with Crippen molar-refractivity contribution >= 4 is 5.78 Å². The molecule has 0 aromatic carbocycles. The smallest absolute Gasteiger partial charge is 0.213 e. The Hall–Kier alpha value is -1.36. The number of aliphatic hydroxyl groups is 1. The quantitative estimate of drug-likeness (QED) is 0.743. The third-order valence-electron chi connectivity index (χ3n) is 2.26. The van der Waals surface area contributed by atoms with E-state index in [1.807, 2.05) is 0 Å². The predicted molar refractivity (Wildman–Crippen MR) is 54.9 cm³/mol. The van der Waals surface area contributed by atoms with Gasteiger partial charge in [0.15, 0.2) is 5.75 Å². The van der Waals surface area contributed by atoms with Crippen molar-refractivity contribution in [3.8, 4) is 5.75 Å². The van der Waals surface area contributed by atoms with Gasteiger partial charge in [-0.15, -0.1) is 0 Å². The lowest BCUT2D eigenvalue weighted by Crippen LogP contribution is -2.28. The summed E-state index contributed by atoms with van der Waals surface area (Å²) in [5.74, 6) is -0.0962. The Labute approximate surface area is 88.7 Å². The van der Waals surface area contributed by atoms with Gasteiger partial charge in [0.25, 0.3) is 0 Å². The van der Waals surface area contributed by atoms with Gasteiger partial charge in [0.2, 0.25) is 5.78 Å². The number of rotatable bonds is 4. The number of methoxy groups -OCH3 is 1. The van der Waals surface area contributed by atoms with Gasteiger partial charge in [-0.05, 0) is 5.92 Å². The fraction of sp³-hybridized carbons (Fsp3) is 0.600. The van der Waals surface area contributed by atoms with Gasteiger partial charge >= 0.3 is 0 Å². The molecule has 0 aliphatic carbocycles. The van der Waals surface area contributed by atoms with E-state index in [-0.39, 0.29) is 11.7 Å². The second-order valence-corrected chi connectivity index (χ2v) is 3.74. The van der Waals surface area contributed by atoms with Gasteiger partial charge in [0, 0.05) is 7.05 Å². The molecule has 1 aromatic heterocycles. The average molecular weight is 212 g/mol. The van der Waals surface area contributed by atoms with E-state index in [2.05, 4.69) is 5.10 Å². The average Bonchev–Trinajstić information content (AvgIpc) is 2.57. The minimum atomic E-state index is -1.02. The molecule has 1 heterocycles. The molecule has 0 aliphatic rings. The molecule has 1 rings (SSSR count). The number of aliphatic hydroxyl groups excluding tert-OH is 1. The Bertz CT molecular complexity index is 358. The Morgan fingerprint density at radius 3 is 2.67 bits per heavy atom. The maximum atomic E-state index is 11.9. The van der Waals surface area contributed by atoms with Crippen LogP contribution in [0.1, 0.15) is 24.3 Å². The van der Waals surface area contributed by atoms with E-state index in [4.69, 9.17) is 4.74 Å². The topological polar surface area (TPSA) is 64.4 Å². The zero-order valence-electron chi connectivity index (χ0n) is 9.39. The number of carbonyl (C=O) groups excluding carboxylic acids is 1. The highest BCUT2D eigenvalue weighted by molar-refractivity contribution is 6.00. The van der Waals surface area contributed by atoms with E-state index in [0.29, 0.717) is 11.4 Å². The molecular formula is C10H16N2O3. The molecule has 1 unspecified atom stereocenters. The molecule has 0 radical (unpaired) electrons. The van der Waals surface area contributed by atoms with E-state index in [1.165, 1.54) is 18.0 Å². The van der Waals surface area contributed by atoms with Crippen molar-refractivity contribution in [3.63, 3.8) is 0 Å². The number of hydrogen-bond donors (Lipinski definition) is 1. The Kier molecular flexibility index (Phi) is 3.47. The van der Waals surface area contributed by atoms with E-state index in [0.717, 1.165) is 0 Å². The summed E-state index contributed by atoms with van der Waals surface area (Å²) >= 11 is 0. The lowest BCUT2D eigenvalue weighted by Gasteiger charge is -2.13. The highest BCUT2D eigenvalue weighted by Crippen LogP contribution is 2.20. The molecule has 0 saturated carbocycles. The van der Waals surface area contributed by atoms with Crippen LogP contribution in [0.4, 0.5) is 0 Å². The molecule has 0 saturated heterocycles. The molecule has 1 atom stereocenters. The minimum Gasteiger partial charge on any atom is -0.493 e. The maximum absolute atomic E-state index is 11.9. The lowest BCUT2D eigenvalue weighted by atomic mass is 10.0. The summed E-state index contributed by atoms with van der Waals surface area (Å²) in [5, 5.41) is 13.6. The molecule has 15 heavy (non-hydrogen) atoms. The van der Waals surface area contributed by atoms with Crippen LogP contribution in [0.15, 0.2) is 6.20 Å². The summed E-state index contributed by atoms with van der Waals surface area (Å²) in [4.78, 5) is 11.9. The van der Waals surface area contributed by atoms with Crippen molar-refractivity contribution in [2.45, 2.75) is 20.0 Å². The number of nitrogens with zero attached hydrogens (tertiary/aromatic N) is 2. The van der Waals surface area contributed by atoms with Gasteiger partial charge in [-0.3, -0.25) is 9.48 Å². The van der Waals surface area contributed by atoms with Crippen LogP contribution in [0.2, 0.25) is 0 Å². The second kappa shape index (κ2) is 4.44. The number of aromatic nitrogens is 2. The van der Waals surface area contributed by atoms with Crippen LogP contribution < -0.4 is 4.74 Å². The van der Waals surface area contributed by atoms with Crippen LogP contribution >= 0.6 is 0 Å². The summed E-state index contributed by atoms with van der Waals surface area (Å²) < 4.78 is 6.41. The first-order valence-corrected chi connectivity index (χ1v) is 4.77. The molecule has 0 amide bonds. The first kappa shape index (κ1) is 11.7. The lowest BCUT2D eigenvalue weighted by molar-refractivity contribution is 0.0634. The zero-order chi connectivity index (χ0) is 11.6. The number of carbonyl (C=O) groups is 1. The first-order chi connectivity index (χ1) is 6.99. The molecule has 0 spiro atoms. The fourth-order valence-electron chi connectivity index (χ4n) is 1.29. The van der Waals surface area contributed by atoms with Crippen LogP contribution in [-0.4, -0.2) is 33.9 Å². The summed E-state index contributed by atoms with van der Waals surface area (Å²) in [6.07, 6.45) is 0.439. The van der Waals surface area contributed by atoms with Crippen molar-refractivity contribution < 1.29 is 14.6 Å². The normalized spacial score (nSPS) is 12.9. The third kappa shape index (κ3) is 2.18. The molecule has 1 N–H and O–H groups in total.